The van der Waals surface area contributed by atoms with Crippen LogP contribution in [0.15, 0.2) is 36.1 Å². The molecule has 2 rings (SSSR count). The maximum Gasteiger partial charge on any atom is 0.376 e. The highest BCUT2D eigenvalue weighted by Gasteiger charge is 2.54. The maximum absolute atomic E-state index is 12.9. The van der Waals surface area contributed by atoms with Crippen LogP contribution < -0.4 is 0 Å². The Bertz CT molecular complexity index is 986. The number of hydrogen-bond donors (Lipinski definition) is 0. The predicted molar refractivity (Wildman–Crippen MR) is 119 cm³/mol. The quantitative estimate of drug-likeness (QED) is 0.205. The minimum absolute atomic E-state index is 0.214. The van der Waals surface area contributed by atoms with Crippen molar-refractivity contribution in [2.75, 3.05) is 13.7 Å². The number of ether oxygens (including phenoxy) is 7. The van der Waals surface area contributed by atoms with Gasteiger partial charge in [-0.05, 0) is 11.6 Å². The molecule has 5 atom stereocenters. The number of carbonyl (C=O) groups excluding carboxylic acids is 5. The average Bonchev–Trinajstić information content (AvgIpc) is 2.79. The number of hydrogen-bond acceptors (Lipinski definition) is 12. The van der Waals surface area contributed by atoms with Crippen LogP contribution in [0.2, 0.25) is 0 Å². The van der Waals surface area contributed by atoms with E-state index < -0.39 is 67.2 Å². The molecule has 1 fully saturated rings. The van der Waals surface area contributed by atoms with Gasteiger partial charge in [-0.3, -0.25) is 19.2 Å². The third-order valence-electron chi connectivity index (χ3n) is 4.69. The van der Waals surface area contributed by atoms with Crippen LogP contribution in [0.1, 0.15) is 33.3 Å². The summed E-state index contributed by atoms with van der Waals surface area (Å²) in [5, 5.41) is 0. The summed E-state index contributed by atoms with van der Waals surface area (Å²) < 4.78 is 37.1. The molecule has 1 saturated heterocycles. The lowest BCUT2D eigenvalue weighted by molar-refractivity contribution is -0.300. The topological polar surface area (TPSA) is 150 Å². The molecule has 36 heavy (non-hydrogen) atoms. The highest BCUT2D eigenvalue weighted by Crippen LogP contribution is 2.30. The van der Waals surface area contributed by atoms with E-state index in [1.807, 2.05) is 0 Å². The van der Waals surface area contributed by atoms with Crippen LogP contribution in [0.3, 0.4) is 0 Å². The molecular formula is C24H28O12. The molecule has 0 spiro atoms. The summed E-state index contributed by atoms with van der Waals surface area (Å²) in [6, 6.07) is 8.74. The van der Waals surface area contributed by atoms with Crippen LogP contribution in [0.4, 0.5) is 0 Å². The largest absolute Gasteiger partial charge is 0.490 e. The summed E-state index contributed by atoms with van der Waals surface area (Å²) in [6.45, 7) is 3.94. The summed E-state index contributed by atoms with van der Waals surface area (Å²) >= 11 is 0. The SMILES string of the molecule is CO/C(=C\c1ccccc1)C(=O)O[C@@H]1O[C@H](COC(C)=O)[C@@H](OC(C)=O)[C@H](OC(C)=O)[C@H]1OC(C)=O. The summed E-state index contributed by atoms with van der Waals surface area (Å²) in [4.78, 5) is 59.8. The Labute approximate surface area is 207 Å². The van der Waals surface area contributed by atoms with Crippen molar-refractivity contribution in [3.8, 4) is 0 Å². The Balaban J connectivity index is 2.44. The summed E-state index contributed by atoms with van der Waals surface area (Å²) in [7, 11) is 1.25. The third-order valence-corrected chi connectivity index (χ3v) is 4.69. The number of methoxy groups -OCH3 is 1. The van der Waals surface area contributed by atoms with Gasteiger partial charge in [0.25, 0.3) is 0 Å². The van der Waals surface area contributed by atoms with E-state index in [1.165, 1.54) is 13.2 Å². The van der Waals surface area contributed by atoms with Crippen LogP contribution in [-0.2, 0) is 57.1 Å². The van der Waals surface area contributed by atoms with Crippen molar-refractivity contribution in [1.29, 1.82) is 0 Å². The van der Waals surface area contributed by atoms with Crippen molar-refractivity contribution in [3.05, 3.63) is 41.7 Å². The summed E-state index contributed by atoms with van der Waals surface area (Å²) in [5.41, 5.74) is 0.632. The second-order valence-electron chi connectivity index (χ2n) is 7.60. The highest BCUT2D eigenvalue weighted by molar-refractivity contribution is 5.91. The van der Waals surface area contributed by atoms with Crippen LogP contribution >= 0.6 is 0 Å². The van der Waals surface area contributed by atoms with Gasteiger partial charge in [0.2, 0.25) is 18.2 Å². The normalized spacial score (nSPS) is 23.6. The predicted octanol–water partition coefficient (Wildman–Crippen LogP) is 1.30. The molecule has 0 aromatic heterocycles. The molecule has 0 unspecified atom stereocenters. The van der Waals surface area contributed by atoms with E-state index in [9.17, 15) is 24.0 Å². The number of benzene rings is 1. The molecule has 0 saturated carbocycles. The molecule has 12 heteroatoms. The molecular weight excluding hydrogens is 480 g/mol. The Morgan fingerprint density at radius 2 is 1.33 bits per heavy atom. The van der Waals surface area contributed by atoms with Crippen molar-refractivity contribution < 1.29 is 57.1 Å². The van der Waals surface area contributed by atoms with Crippen molar-refractivity contribution in [1.82, 2.24) is 0 Å². The first kappa shape index (κ1) is 28.3. The van der Waals surface area contributed by atoms with Gasteiger partial charge >= 0.3 is 29.8 Å². The van der Waals surface area contributed by atoms with Gasteiger partial charge in [-0.2, -0.15) is 0 Å². The van der Waals surface area contributed by atoms with Gasteiger partial charge in [0.05, 0.1) is 7.11 Å². The fourth-order valence-corrected chi connectivity index (χ4v) is 3.35. The third kappa shape index (κ3) is 8.38. The highest BCUT2D eigenvalue weighted by atomic mass is 16.8. The molecule has 1 aliphatic heterocycles. The number of rotatable bonds is 9. The van der Waals surface area contributed by atoms with Crippen LogP contribution in [-0.4, -0.2) is 74.3 Å². The first-order valence-electron chi connectivity index (χ1n) is 10.8. The van der Waals surface area contributed by atoms with E-state index in [0.29, 0.717) is 5.56 Å². The molecule has 1 aromatic carbocycles. The zero-order valence-corrected chi connectivity index (χ0v) is 20.5. The van der Waals surface area contributed by atoms with Crippen LogP contribution in [0, 0.1) is 0 Å². The van der Waals surface area contributed by atoms with Crippen LogP contribution in [0.5, 0.6) is 0 Å². The number of esters is 5. The zero-order chi connectivity index (χ0) is 26.8. The van der Waals surface area contributed by atoms with E-state index >= 15 is 0 Å². The molecule has 196 valence electrons. The van der Waals surface area contributed by atoms with Gasteiger partial charge in [-0.1, -0.05) is 30.3 Å². The number of carbonyl (C=O) groups is 5. The fraction of sp³-hybridized carbons (Fsp3) is 0.458. The smallest absolute Gasteiger partial charge is 0.376 e. The molecule has 12 nitrogen and oxygen atoms in total. The van der Waals surface area contributed by atoms with E-state index in [4.69, 9.17) is 33.2 Å². The molecule has 0 radical (unpaired) electrons. The van der Waals surface area contributed by atoms with E-state index in [2.05, 4.69) is 0 Å². The van der Waals surface area contributed by atoms with Gasteiger partial charge in [-0.25, -0.2) is 4.79 Å². The molecule has 1 heterocycles. The van der Waals surface area contributed by atoms with Gasteiger partial charge in [0.1, 0.15) is 12.7 Å². The average molecular weight is 508 g/mol. The fourth-order valence-electron chi connectivity index (χ4n) is 3.35. The van der Waals surface area contributed by atoms with Gasteiger partial charge in [0.15, 0.2) is 12.2 Å². The first-order chi connectivity index (χ1) is 17.0. The van der Waals surface area contributed by atoms with Gasteiger partial charge < -0.3 is 33.2 Å². The van der Waals surface area contributed by atoms with Crippen molar-refractivity contribution in [2.45, 2.75) is 58.4 Å². The molecule has 0 N–H and O–H groups in total. The Hall–Kier alpha value is -3.93. The van der Waals surface area contributed by atoms with Gasteiger partial charge in [0, 0.05) is 27.7 Å². The van der Waals surface area contributed by atoms with Gasteiger partial charge in [-0.15, -0.1) is 0 Å². The lowest BCUT2D eigenvalue weighted by atomic mass is 9.98. The maximum atomic E-state index is 12.9. The van der Waals surface area contributed by atoms with Crippen molar-refractivity contribution in [2.24, 2.45) is 0 Å². The molecule has 1 aliphatic rings. The Morgan fingerprint density at radius 1 is 0.778 bits per heavy atom. The van der Waals surface area contributed by atoms with Crippen LogP contribution in [0.25, 0.3) is 6.08 Å². The van der Waals surface area contributed by atoms with Crippen molar-refractivity contribution >= 4 is 35.9 Å². The summed E-state index contributed by atoms with van der Waals surface area (Å²) in [6.07, 6.45) is -5.88. The molecule has 1 aromatic rings. The standard InChI is InChI=1S/C24H28O12/c1-13(25)31-12-19-20(32-14(2)26)21(33-15(3)27)22(34-16(4)28)24(35-19)36-23(29)18(30-5)11-17-9-7-6-8-10-17/h6-11,19-22,24H,12H2,1-5H3/b18-11-/t19-,20-,21+,22-,24+/m1/s1. The minimum Gasteiger partial charge on any atom is -0.490 e. The lowest BCUT2D eigenvalue weighted by Crippen LogP contribution is -2.63. The molecule has 0 aliphatic carbocycles. The zero-order valence-electron chi connectivity index (χ0n) is 20.5. The first-order valence-corrected chi connectivity index (χ1v) is 10.8. The molecule has 0 amide bonds. The minimum atomic E-state index is -1.66. The lowest BCUT2D eigenvalue weighted by Gasteiger charge is -2.43. The monoisotopic (exact) mass is 508 g/mol. The van der Waals surface area contributed by atoms with E-state index in [-0.39, 0.29) is 5.76 Å². The molecule has 0 bridgehead atoms. The second-order valence-corrected chi connectivity index (χ2v) is 7.60. The second kappa shape index (κ2) is 13.2. The Kier molecular flexibility index (Phi) is 10.4. The van der Waals surface area contributed by atoms with E-state index in [0.717, 1.165) is 27.7 Å². The van der Waals surface area contributed by atoms with E-state index in [1.54, 1.807) is 30.3 Å². The Morgan fingerprint density at radius 3 is 1.86 bits per heavy atom. The van der Waals surface area contributed by atoms with Crippen molar-refractivity contribution in [3.63, 3.8) is 0 Å². The summed E-state index contributed by atoms with van der Waals surface area (Å²) in [5.74, 6) is -4.30.